The maximum absolute atomic E-state index is 11.6. The first-order valence-electron chi connectivity index (χ1n) is 5.87. The van der Waals surface area contributed by atoms with Crippen LogP contribution >= 0.6 is 0 Å². The highest BCUT2D eigenvalue weighted by Gasteiger charge is 2.16. The average Bonchev–Trinajstić information content (AvgIpc) is 2.84. The van der Waals surface area contributed by atoms with E-state index in [1.807, 2.05) is 0 Å². The summed E-state index contributed by atoms with van der Waals surface area (Å²) in [5.74, 6) is 1.16. The van der Waals surface area contributed by atoms with Crippen molar-refractivity contribution in [1.29, 1.82) is 0 Å². The van der Waals surface area contributed by atoms with Crippen LogP contribution in [0.3, 0.4) is 0 Å². The summed E-state index contributed by atoms with van der Waals surface area (Å²) in [6.07, 6.45) is 1.10. The van der Waals surface area contributed by atoms with E-state index in [4.69, 9.17) is 9.47 Å². The second-order valence-electron chi connectivity index (χ2n) is 4.56. The molecule has 0 radical (unpaired) electrons. The third-order valence-electron chi connectivity index (χ3n) is 3.03. The van der Waals surface area contributed by atoms with Gasteiger partial charge in [0, 0.05) is 6.26 Å². The van der Waals surface area contributed by atoms with Crippen LogP contribution in [0.5, 0.6) is 17.2 Å². The minimum atomic E-state index is -3.38. The van der Waals surface area contributed by atoms with Gasteiger partial charge in [0.2, 0.25) is 6.79 Å². The summed E-state index contributed by atoms with van der Waals surface area (Å²) >= 11 is 0. The van der Waals surface area contributed by atoms with Crippen LogP contribution in [0, 0.1) is 0 Å². The Morgan fingerprint density at radius 1 is 1.00 bits per heavy atom. The SMILES string of the molecule is CS(=O)(=O)c1cc(O)cc(-c2ccc3c(c2)OCO3)c1. The molecule has 0 fully saturated rings. The predicted octanol–water partition coefficient (Wildman–Crippen LogP) is 2.19. The van der Waals surface area contributed by atoms with E-state index in [1.54, 1.807) is 18.2 Å². The standard InChI is InChI=1S/C14H12O5S/c1-20(16,17)12-5-10(4-11(15)7-12)9-2-3-13-14(6-9)19-8-18-13/h2-7,15H,8H2,1H3. The Morgan fingerprint density at radius 2 is 1.75 bits per heavy atom. The van der Waals surface area contributed by atoms with Gasteiger partial charge in [0.1, 0.15) is 5.75 Å². The number of benzene rings is 2. The van der Waals surface area contributed by atoms with Crippen molar-refractivity contribution in [3.63, 3.8) is 0 Å². The van der Waals surface area contributed by atoms with Crippen molar-refractivity contribution >= 4 is 9.84 Å². The summed E-state index contributed by atoms with van der Waals surface area (Å²) < 4.78 is 33.7. The molecule has 0 spiro atoms. The van der Waals surface area contributed by atoms with Crippen LogP contribution in [-0.4, -0.2) is 26.6 Å². The van der Waals surface area contributed by atoms with E-state index in [2.05, 4.69) is 0 Å². The van der Waals surface area contributed by atoms with Crippen molar-refractivity contribution < 1.29 is 23.0 Å². The lowest BCUT2D eigenvalue weighted by molar-refractivity contribution is 0.174. The van der Waals surface area contributed by atoms with Crippen LogP contribution in [-0.2, 0) is 9.84 Å². The number of hydrogen-bond donors (Lipinski definition) is 1. The Kier molecular flexibility index (Phi) is 2.83. The Labute approximate surface area is 116 Å². The van der Waals surface area contributed by atoms with Crippen molar-refractivity contribution in [2.75, 3.05) is 13.0 Å². The zero-order chi connectivity index (χ0) is 14.3. The molecule has 3 rings (SSSR count). The van der Waals surface area contributed by atoms with Gasteiger partial charge in [-0.15, -0.1) is 0 Å². The van der Waals surface area contributed by atoms with Crippen molar-refractivity contribution in [2.24, 2.45) is 0 Å². The quantitative estimate of drug-likeness (QED) is 0.918. The second-order valence-corrected chi connectivity index (χ2v) is 6.57. The van der Waals surface area contributed by atoms with Crippen molar-refractivity contribution in [1.82, 2.24) is 0 Å². The van der Waals surface area contributed by atoms with E-state index in [9.17, 15) is 13.5 Å². The van der Waals surface area contributed by atoms with Crippen molar-refractivity contribution in [3.05, 3.63) is 36.4 Å². The molecule has 0 unspecified atom stereocenters. The Balaban J connectivity index is 2.13. The second kappa shape index (κ2) is 4.42. The first-order valence-corrected chi connectivity index (χ1v) is 7.77. The number of rotatable bonds is 2. The zero-order valence-electron chi connectivity index (χ0n) is 10.7. The first-order chi connectivity index (χ1) is 9.43. The predicted molar refractivity (Wildman–Crippen MR) is 72.8 cm³/mol. The van der Waals surface area contributed by atoms with Crippen LogP contribution in [0.4, 0.5) is 0 Å². The maximum atomic E-state index is 11.6. The van der Waals surface area contributed by atoms with E-state index in [0.717, 1.165) is 11.8 Å². The van der Waals surface area contributed by atoms with Gasteiger partial charge in [-0.2, -0.15) is 0 Å². The first kappa shape index (κ1) is 12.8. The van der Waals surface area contributed by atoms with Crippen LogP contribution in [0.15, 0.2) is 41.3 Å². The lowest BCUT2D eigenvalue weighted by atomic mass is 10.0. The number of phenols is 1. The molecule has 0 aliphatic carbocycles. The molecule has 1 aliphatic heterocycles. The summed E-state index contributed by atoms with van der Waals surface area (Å²) in [4.78, 5) is 0.0742. The molecule has 1 N–H and O–H groups in total. The van der Waals surface area contributed by atoms with Crippen molar-refractivity contribution in [3.8, 4) is 28.4 Å². The van der Waals surface area contributed by atoms with Crippen molar-refractivity contribution in [2.45, 2.75) is 4.90 Å². The molecular formula is C14H12O5S. The van der Waals surface area contributed by atoms with E-state index in [0.29, 0.717) is 17.1 Å². The van der Waals surface area contributed by atoms with Crippen LogP contribution in [0.2, 0.25) is 0 Å². The van der Waals surface area contributed by atoms with Gasteiger partial charge in [-0.1, -0.05) is 6.07 Å². The Hall–Kier alpha value is -2.21. The number of phenolic OH excluding ortho intramolecular Hbond substituents is 1. The number of hydrogen-bond acceptors (Lipinski definition) is 5. The highest BCUT2D eigenvalue weighted by molar-refractivity contribution is 7.90. The molecular weight excluding hydrogens is 280 g/mol. The molecule has 1 aliphatic rings. The summed E-state index contributed by atoms with van der Waals surface area (Å²) in [6, 6.07) is 9.55. The lowest BCUT2D eigenvalue weighted by Gasteiger charge is -2.07. The summed E-state index contributed by atoms with van der Waals surface area (Å²) in [5.41, 5.74) is 1.35. The average molecular weight is 292 g/mol. The molecule has 1 heterocycles. The lowest BCUT2D eigenvalue weighted by Crippen LogP contribution is -1.97. The van der Waals surface area contributed by atoms with Gasteiger partial charge in [0.25, 0.3) is 0 Å². The van der Waals surface area contributed by atoms with E-state index < -0.39 is 9.84 Å². The van der Waals surface area contributed by atoms with Crippen LogP contribution in [0.25, 0.3) is 11.1 Å². The van der Waals surface area contributed by atoms with E-state index >= 15 is 0 Å². The van der Waals surface area contributed by atoms with Crippen LogP contribution < -0.4 is 9.47 Å². The molecule has 2 aromatic rings. The number of ether oxygens (including phenoxy) is 2. The van der Waals surface area contributed by atoms with Gasteiger partial charge in [-0.3, -0.25) is 0 Å². The minimum absolute atomic E-state index is 0.0742. The number of aromatic hydroxyl groups is 1. The molecule has 20 heavy (non-hydrogen) atoms. The summed E-state index contributed by atoms with van der Waals surface area (Å²) in [5, 5.41) is 9.69. The maximum Gasteiger partial charge on any atom is 0.231 e. The minimum Gasteiger partial charge on any atom is -0.508 e. The van der Waals surface area contributed by atoms with Crippen LogP contribution in [0.1, 0.15) is 0 Å². The third-order valence-corrected chi connectivity index (χ3v) is 4.12. The normalized spacial score (nSPS) is 13.4. The van der Waals surface area contributed by atoms with E-state index in [-0.39, 0.29) is 17.4 Å². The fraction of sp³-hybridized carbons (Fsp3) is 0.143. The molecule has 104 valence electrons. The molecule has 6 heteroatoms. The molecule has 0 bridgehead atoms. The molecule has 0 saturated heterocycles. The third kappa shape index (κ3) is 2.30. The fourth-order valence-corrected chi connectivity index (χ4v) is 2.72. The molecule has 0 aromatic heterocycles. The van der Waals surface area contributed by atoms with Gasteiger partial charge in [0.05, 0.1) is 4.90 Å². The van der Waals surface area contributed by atoms with Gasteiger partial charge in [-0.25, -0.2) is 8.42 Å². The zero-order valence-corrected chi connectivity index (χ0v) is 11.5. The fourth-order valence-electron chi connectivity index (χ4n) is 2.04. The smallest absolute Gasteiger partial charge is 0.231 e. The Morgan fingerprint density at radius 3 is 2.50 bits per heavy atom. The van der Waals surface area contributed by atoms with Gasteiger partial charge in [-0.05, 0) is 41.5 Å². The highest BCUT2D eigenvalue weighted by atomic mass is 32.2. The molecule has 0 atom stereocenters. The highest BCUT2D eigenvalue weighted by Crippen LogP contribution is 2.37. The largest absolute Gasteiger partial charge is 0.508 e. The van der Waals surface area contributed by atoms with Gasteiger partial charge < -0.3 is 14.6 Å². The van der Waals surface area contributed by atoms with E-state index in [1.165, 1.54) is 18.2 Å². The summed E-state index contributed by atoms with van der Waals surface area (Å²) in [7, 11) is -3.38. The molecule has 0 saturated carbocycles. The number of sulfone groups is 1. The van der Waals surface area contributed by atoms with Gasteiger partial charge in [0.15, 0.2) is 21.3 Å². The number of fused-ring (bicyclic) bond motifs is 1. The van der Waals surface area contributed by atoms with Gasteiger partial charge >= 0.3 is 0 Å². The summed E-state index contributed by atoms with van der Waals surface area (Å²) in [6.45, 7) is 0.174. The molecule has 5 nitrogen and oxygen atoms in total. The molecule has 0 amide bonds. The Bertz CT molecular complexity index is 780. The molecule has 2 aromatic carbocycles. The topological polar surface area (TPSA) is 72.8 Å². The monoisotopic (exact) mass is 292 g/mol.